The first-order valence-corrected chi connectivity index (χ1v) is 10.5. The van der Waals surface area contributed by atoms with Gasteiger partial charge in [0.1, 0.15) is 5.41 Å². The smallest absolute Gasteiger partial charge is 0.240 e. The van der Waals surface area contributed by atoms with Crippen LogP contribution in [0.25, 0.3) is 0 Å². The summed E-state index contributed by atoms with van der Waals surface area (Å²) in [5, 5.41) is 5.93. The first-order chi connectivity index (χ1) is 14.0. The van der Waals surface area contributed by atoms with Crippen molar-refractivity contribution in [3.05, 3.63) is 59.7 Å². The fraction of sp³-hybridized carbons (Fsp3) is 0.417. The van der Waals surface area contributed by atoms with Crippen molar-refractivity contribution in [1.82, 2.24) is 5.32 Å². The van der Waals surface area contributed by atoms with Crippen molar-refractivity contribution in [2.75, 3.05) is 29.9 Å². The Bertz CT molecular complexity index is 856. The van der Waals surface area contributed by atoms with E-state index in [2.05, 4.69) is 35.4 Å². The van der Waals surface area contributed by atoms with Gasteiger partial charge in [-0.05, 0) is 69.4 Å². The summed E-state index contributed by atoms with van der Waals surface area (Å²) in [4.78, 5) is 27.8. The third kappa shape index (κ3) is 4.78. The van der Waals surface area contributed by atoms with Crippen molar-refractivity contribution in [2.45, 2.75) is 40.0 Å². The number of hydrogen-bond donors (Lipinski definition) is 2. The van der Waals surface area contributed by atoms with Crippen molar-refractivity contribution in [1.29, 1.82) is 0 Å². The lowest BCUT2D eigenvalue weighted by Gasteiger charge is -2.22. The van der Waals surface area contributed by atoms with Crippen LogP contribution in [0.1, 0.15) is 37.8 Å². The standard InChI is InChI=1S/C24H31N3O2/c1-4-27(5-2)20-11-12-21(18(3)17-20)26-23(29)24(14-15-24)22(28)25-16-13-19-9-7-6-8-10-19/h6-12,17H,4-5,13-16H2,1-3H3,(H,25,28)(H,26,29). The van der Waals surface area contributed by atoms with Gasteiger partial charge in [-0.25, -0.2) is 0 Å². The molecule has 0 aliphatic heterocycles. The molecule has 2 aromatic rings. The zero-order chi connectivity index (χ0) is 20.9. The molecule has 2 N–H and O–H groups in total. The van der Waals surface area contributed by atoms with Gasteiger partial charge < -0.3 is 15.5 Å². The molecule has 0 radical (unpaired) electrons. The van der Waals surface area contributed by atoms with Crippen LogP contribution in [0.3, 0.4) is 0 Å². The average molecular weight is 394 g/mol. The van der Waals surface area contributed by atoms with Gasteiger partial charge in [0.05, 0.1) is 0 Å². The second-order valence-corrected chi connectivity index (χ2v) is 7.70. The molecule has 0 atom stereocenters. The van der Waals surface area contributed by atoms with E-state index in [4.69, 9.17) is 0 Å². The number of anilines is 2. The van der Waals surface area contributed by atoms with Crippen LogP contribution in [0.4, 0.5) is 11.4 Å². The number of carbonyl (C=O) groups excluding carboxylic acids is 2. The van der Waals surface area contributed by atoms with Crippen molar-refractivity contribution < 1.29 is 9.59 Å². The number of benzene rings is 2. The van der Waals surface area contributed by atoms with E-state index in [9.17, 15) is 9.59 Å². The molecule has 29 heavy (non-hydrogen) atoms. The van der Waals surface area contributed by atoms with E-state index in [1.54, 1.807) is 0 Å². The molecule has 0 unspecified atom stereocenters. The molecule has 0 saturated heterocycles. The number of carbonyl (C=O) groups is 2. The SMILES string of the molecule is CCN(CC)c1ccc(NC(=O)C2(C(=O)NCCc3ccccc3)CC2)c(C)c1. The number of amides is 2. The van der Waals surface area contributed by atoms with E-state index >= 15 is 0 Å². The molecule has 0 bridgehead atoms. The highest BCUT2D eigenvalue weighted by atomic mass is 16.2. The second kappa shape index (κ2) is 9.12. The Balaban J connectivity index is 1.59. The highest BCUT2D eigenvalue weighted by Gasteiger charge is 2.56. The minimum atomic E-state index is -0.916. The number of hydrogen-bond acceptors (Lipinski definition) is 3. The highest BCUT2D eigenvalue weighted by Crippen LogP contribution is 2.47. The first kappa shape index (κ1) is 20.9. The fourth-order valence-corrected chi connectivity index (χ4v) is 3.63. The first-order valence-electron chi connectivity index (χ1n) is 10.5. The van der Waals surface area contributed by atoms with Crippen LogP contribution in [0.5, 0.6) is 0 Å². The van der Waals surface area contributed by atoms with Crippen LogP contribution in [0, 0.1) is 12.3 Å². The van der Waals surface area contributed by atoms with E-state index in [-0.39, 0.29) is 11.8 Å². The van der Waals surface area contributed by atoms with Crippen LogP contribution in [0.2, 0.25) is 0 Å². The molecule has 2 aromatic carbocycles. The predicted octanol–water partition coefficient (Wildman–Crippen LogP) is 3.92. The molecule has 1 saturated carbocycles. The van der Waals surface area contributed by atoms with Gasteiger partial charge >= 0.3 is 0 Å². The normalized spacial score (nSPS) is 14.2. The maximum absolute atomic E-state index is 12.9. The summed E-state index contributed by atoms with van der Waals surface area (Å²) in [6.45, 7) is 8.66. The Hall–Kier alpha value is -2.82. The molecular weight excluding hydrogens is 362 g/mol. The summed E-state index contributed by atoms with van der Waals surface area (Å²) in [6, 6.07) is 16.1. The molecule has 2 amide bonds. The Morgan fingerprint density at radius 3 is 2.28 bits per heavy atom. The quantitative estimate of drug-likeness (QED) is 0.635. The van der Waals surface area contributed by atoms with Gasteiger partial charge in [0.2, 0.25) is 11.8 Å². The zero-order valence-electron chi connectivity index (χ0n) is 17.6. The summed E-state index contributed by atoms with van der Waals surface area (Å²) in [7, 11) is 0. The van der Waals surface area contributed by atoms with Gasteiger partial charge in [-0.1, -0.05) is 30.3 Å². The van der Waals surface area contributed by atoms with Crippen molar-refractivity contribution >= 4 is 23.2 Å². The Morgan fingerprint density at radius 2 is 1.69 bits per heavy atom. The van der Waals surface area contributed by atoms with Crippen LogP contribution in [-0.2, 0) is 16.0 Å². The topological polar surface area (TPSA) is 61.4 Å². The minimum absolute atomic E-state index is 0.164. The summed E-state index contributed by atoms with van der Waals surface area (Å²) in [5.41, 5.74) is 3.18. The zero-order valence-corrected chi connectivity index (χ0v) is 17.6. The van der Waals surface area contributed by atoms with Gasteiger partial charge in [0.25, 0.3) is 0 Å². The molecule has 5 nitrogen and oxygen atoms in total. The highest BCUT2D eigenvalue weighted by molar-refractivity contribution is 6.13. The van der Waals surface area contributed by atoms with Crippen molar-refractivity contribution in [3.63, 3.8) is 0 Å². The third-order valence-electron chi connectivity index (χ3n) is 5.75. The fourth-order valence-electron chi connectivity index (χ4n) is 3.63. The number of nitrogens with zero attached hydrogens (tertiary/aromatic N) is 1. The number of rotatable bonds is 9. The lowest BCUT2D eigenvalue weighted by Crippen LogP contribution is -2.40. The molecule has 154 valence electrons. The van der Waals surface area contributed by atoms with Gasteiger partial charge in [0, 0.05) is 31.0 Å². The van der Waals surface area contributed by atoms with Gasteiger partial charge in [-0.2, -0.15) is 0 Å². The maximum Gasteiger partial charge on any atom is 0.240 e. The Morgan fingerprint density at radius 1 is 1.00 bits per heavy atom. The minimum Gasteiger partial charge on any atom is -0.372 e. The molecule has 5 heteroatoms. The third-order valence-corrected chi connectivity index (χ3v) is 5.75. The van der Waals surface area contributed by atoms with E-state index < -0.39 is 5.41 Å². The predicted molar refractivity (Wildman–Crippen MR) is 118 cm³/mol. The monoisotopic (exact) mass is 393 g/mol. The summed E-state index contributed by atoms with van der Waals surface area (Å²) < 4.78 is 0. The number of nitrogens with one attached hydrogen (secondary N) is 2. The summed E-state index contributed by atoms with van der Waals surface area (Å²) in [6.07, 6.45) is 1.97. The van der Waals surface area contributed by atoms with Crippen molar-refractivity contribution in [3.8, 4) is 0 Å². The van der Waals surface area contributed by atoms with E-state index in [0.29, 0.717) is 19.4 Å². The molecule has 0 spiro atoms. The summed E-state index contributed by atoms with van der Waals surface area (Å²) >= 11 is 0. The lowest BCUT2D eigenvalue weighted by atomic mass is 10.0. The molecule has 1 fully saturated rings. The summed E-state index contributed by atoms with van der Waals surface area (Å²) in [5.74, 6) is -0.364. The average Bonchev–Trinajstić information content (AvgIpc) is 3.54. The van der Waals surface area contributed by atoms with Gasteiger partial charge in [0.15, 0.2) is 0 Å². The largest absolute Gasteiger partial charge is 0.372 e. The van der Waals surface area contributed by atoms with Crippen LogP contribution < -0.4 is 15.5 Å². The Labute approximate surface area is 173 Å². The van der Waals surface area contributed by atoms with E-state index in [1.165, 1.54) is 5.56 Å². The Kier molecular flexibility index (Phi) is 6.57. The van der Waals surface area contributed by atoms with Gasteiger partial charge in [-0.3, -0.25) is 9.59 Å². The van der Waals surface area contributed by atoms with Crippen LogP contribution >= 0.6 is 0 Å². The van der Waals surface area contributed by atoms with E-state index in [1.807, 2.05) is 49.4 Å². The lowest BCUT2D eigenvalue weighted by molar-refractivity contribution is -0.134. The van der Waals surface area contributed by atoms with Crippen LogP contribution in [0.15, 0.2) is 48.5 Å². The van der Waals surface area contributed by atoms with Crippen molar-refractivity contribution in [2.24, 2.45) is 5.41 Å². The van der Waals surface area contributed by atoms with E-state index in [0.717, 1.165) is 36.4 Å². The maximum atomic E-state index is 12.9. The number of aryl methyl sites for hydroxylation is 1. The molecule has 1 aliphatic rings. The molecule has 0 aromatic heterocycles. The van der Waals surface area contributed by atoms with Gasteiger partial charge in [-0.15, -0.1) is 0 Å². The molecule has 0 heterocycles. The molecule has 1 aliphatic carbocycles. The second-order valence-electron chi connectivity index (χ2n) is 7.70. The molecular formula is C24H31N3O2. The van der Waals surface area contributed by atoms with Crippen LogP contribution in [-0.4, -0.2) is 31.4 Å². The molecule has 3 rings (SSSR count).